The van der Waals surface area contributed by atoms with E-state index in [2.05, 4.69) is 20.4 Å². The van der Waals surface area contributed by atoms with Gasteiger partial charge in [-0.2, -0.15) is 0 Å². The lowest BCUT2D eigenvalue weighted by Gasteiger charge is -2.20. The van der Waals surface area contributed by atoms with Crippen LogP contribution in [0.15, 0.2) is 18.2 Å². The number of nitrogens with zero attached hydrogens (tertiary/aromatic N) is 4. The number of nitrogens with one attached hydrogen (secondary N) is 1. The lowest BCUT2D eigenvalue weighted by molar-refractivity contribution is -0.124. The molecular weight excluding hydrogens is 352 g/mol. The highest BCUT2D eigenvalue weighted by molar-refractivity contribution is 5.78. The molecule has 1 atom stereocenters. The van der Waals surface area contributed by atoms with Crippen molar-refractivity contribution in [3.05, 3.63) is 47.0 Å². The number of fused-ring (bicyclic) bond motifs is 1. The molecule has 1 unspecified atom stereocenters. The molecule has 27 heavy (non-hydrogen) atoms. The van der Waals surface area contributed by atoms with Crippen LogP contribution in [-0.2, 0) is 30.8 Å². The van der Waals surface area contributed by atoms with Gasteiger partial charge in [0.25, 0.3) is 0 Å². The van der Waals surface area contributed by atoms with Crippen molar-refractivity contribution in [3.63, 3.8) is 0 Å². The van der Waals surface area contributed by atoms with Crippen molar-refractivity contribution in [2.24, 2.45) is 5.92 Å². The minimum atomic E-state index is -0.821. The minimum Gasteiger partial charge on any atom is -0.349 e. The first-order valence-corrected chi connectivity index (χ1v) is 9.33. The molecule has 0 radical (unpaired) electrons. The highest BCUT2D eigenvalue weighted by Crippen LogP contribution is 2.16. The first kappa shape index (κ1) is 19.4. The number of halogens is 2. The van der Waals surface area contributed by atoms with Crippen molar-refractivity contribution in [2.45, 2.75) is 46.3 Å². The summed E-state index contributed by atoms with van der Waals surface area (Å²) in [5.41, 5.74) is 0.355. The van der Waals surface area contributed by atoms with E-state index in [-0.39, 0.29) is 11.8 Å². The molecule has 2 aromatic rings. The normalized spacial score (nSPS) is 15.9. The SMILES string of the molecule is CCC(C)C(=O)NCc1nnc2n1CCN(Cc1cccc(F)c1F)CC2. The Bertz CT molecular complexity index is 807. The zero-order valence-electron chi connectivity index (χ0n) is 15.7. The number of carbonyl (C=O) groups excluding carboxylic acids is 1. The maximum atomic E-state index is 13.9. The van der Waals surface area contributed by atoms with Gasteiger partial charge in [-0.3, -0.25) is 9.69 Å². The molecule has 1 aromatic heterocycles. The van der Waals surface area contributed by atoms with Crippen molar-refractivity contribution >= 4 is 5.91 Å². The quantitative estimate of drug-likeness (QED) is 0.839. The molecule has 2 heterocycles. The van der Waals surface area contributed by atoms with Crippen LogP contribution in [0.2, 0.25) is 0 Å². The van der Waals surface area contributed by atoms with Gasteiger partial charge in [-0.05, 0) is 12.5 Å². The first-order chi connectivity index (χ1) is 13.0. The van der Waals surface area contributed by atoms with E-state index in [0.717, 1.165) is 24.1 Å². The van der Waals surface area contributed by atoms with Gasteiger partial charge in [0.1, 0.15) is 5.82 Å². The highest BCUT2D eigenvalue weighted by atomic mass is 19.2. The van der Waals surface area contributed by atoms with Gasteiger partial charge >= 0.3 is 0 Å². The van der Waals surface area contributed by atoms with Crippen LogP contribution in [0.3, 0.4) is 0 Å². The Labute approximate surface area is 157 Å². The molecule has 0 saturated heterocycles. The van der Waals surface area contributed by atoms with Gasteiger partial charge in [0.05, 0.1) is 6.54 Å². The van der Waals surface area contributed by atoms with Crippen molar-refractivity contribution in [3.8, 4) is 0 Å². The van der Waals surface area contributed by atoms with Crippen LogP contribution in [0, 0.1) is 17.6 Å². The summed E-state index contributed by atoms with van der Waals surface area (Å²) in [7, 11) is 0. The molecule has 6 nitrogen and oxygen atoms in total. The number of benzene rings is 1. The maximum Gasteiger partial charge on any atom is 0.223 e. The summed E-state index contributed by atoms with van der Waals surface area (Å²) in [6, 6.07) is 4.26. The second-order valence-corrected chi connectivity index (χ2v) is 6.95. The molecule has 1 aliphatic rings. The van der Waals surface area contributed by atoms with E-state index in [1.54, 1.807) is 6.07 Å². The Morgan fingerprint density at radius 2 is 2.07 bits per heavy atom. The summed E-state index contributed by atoms with van der Waals surface area (Å²) < 4.78 is 29.4. The molecule has 146 valence electrons. The smallest absolute Gasteiger partial charge is 0.223 e. The standard InChI is InChI=1S/C19H25F2N5O/c1-3-13(2)19(27)22-11-17-24-23-16-7-8-25(9-10-26(16)17)12-14-5-4-6-15(20)18(14)21/h4-6,13H,3,7-12H2,1-2H3,(H,22,27). The second-order valence-electron chi connectivity index (χ2n) is 6.95. The number of hydrogen-bond donors (Lipinski definition) is 1. The van der Waals surface area contributed by atoms with Gasteiger partial charge in [0, 0.05) is 44.1 Å². The number of hydrogen-bond acceptors (Lipinski definition) is 4. The Morgan fingerprint density at radius 1 is 1.26 bits per heavy atom. The van der Waals surface area contributed by atoms with Gasteiger partial charge in [0.15, 0.2) is 17.5 Å². The topological polar surface area (TPSA) is 63.1 Å². The predicted octanol–water partition coefficient (Wildman–Crippen LogP) is 2.28. The highest BCUT2D eigenvalue weighted by Gasteiger charge is 2.21. The van der Waals surface area contributed by atoms with Crippen LogP contribution in [0.5, 0.6) is 0 Å². The van der Waals surface area contributed by atoms with Gasteiger partial charge in [-0.1, -0.05) is 26.0 Å². The maximum absolute atomic E-state index is 13.9. The lowest BCUT2D eigenvalue weighted by Crippen LogP contribution is -2.30. The van der Waals surface area contributed by atoms with Gasteiger partial charge in [-0.15, -0.1) is 10.2 Å². The van der Waals surface area contributed by atoms with Gasteiger partial charge < -0.3 is 9.88 Å². The molecule has 0 fully saturated rings. The number of amides is 1. The van der Waals surface area contributed by atoms with Crippen LogP contribution in [0.1, 0.15) is 37.5 Å². The molecule has 1 amide bonds. The molecule has 1 aromatic carbocycles. The molecule has 0 aliphatic carbocycles. The van der Waals surface area contributed by atoms with Gasteiger partial charge in [-0.25, -0.2) is 8.78 Å². The van der Waals surface area contributed by atoms with Crippen LogP contribution in [0.25, 0.3) is 0 Å². The molecule has 8 heteroatoms. The Morgan fingerprint density at radius 3 is 2.85 bits per heavy atom. The molecule has 3 rings (SSSR count). The Hall–Kier alpha value is -2.35. The fraction of sp³-hybridized carbons (Fsp3) is 0.526. The lowest BCUT2D eigenvalue weighted by atomic mass is 10.1. The summed E-state index contributed by atoms with van der Waals surface area (Å²) in [5, 5.41) is 11.3. The largest absolute Gasteiger partial charge is 0.349 e. The summed E-state index contributed by atoms with van der Waals surface area (Å²) in [6.45, 7) is 6.57. The number of rotatable bonds is 6. The summed E-state index contributed by atoms with van der Waals surface area (Å²) in [5.74, 6) is -0.0568. The average molecular weight is 377 g/mol. The molecule has 0 saturated carbocycles. The zero-order chi connectivity index (χ0) is 19.4. The van der Waals surface area contributed by atoms with E-state index in [4.69, 9.17) is 0 Å². The van der Waals surface area contributed by atoms with E-state index in [0.29, 0.717) is 44.7 Å². The fourth-order valence-electron chi connectivity index (χ4n) is 3.15. The van der Waals surface area contributed by atoms with E-state index in [1.165, 1.54) is 6.07 Å². The molecule has 0 bridgehead atoms. The van der Waals surface area contributed by atoms with E-state index < -0.39 is 11.6 Å². The third kappa shape index (κ3) is 4.50. The first-order valence-electron chi connectivity index (χ1n) is 9.33. The zero-order valence-corrected chi connectivity index (χ0v) is 15.7. The second kappa shape index (κ2) is 8.56. The monoisotopic (exact) mass is 377 g/mol. The van der Waals surface area contributed by atoms with Crippen LogP contribution >= 0.6 is 0 Å². The summed E-state index contributed by atoms with van der Waals surface area (Å²) >= 11 is 0. The van der Waals surface area contributed by atoms with Crippen molar-refractivity contribution in [2.75, 3.05) is 13.1 Å². The van der Waals surface area contributed by atoms with Crippen LogP contribution < -0.4 is 5.32 Å². The van der Waals surface area contributed by atoms with Crippen molar-refractivity contribution in [1.82, 2.24) is 25.0 Å². The summed E-state index contributed by atoms with van der Waals surface area (Å²) in [4.78, 5) is 14.1. The van der Waals surface area contributed by atoms with E-state index in [9.17, 15) is 13.6 Å². The van der Waals surface area contributed by atoms with Crippen molar-refractivity contribution < 1.29 is 13.6 Å². The number of carbonyl (C=O) groups is 1. The van der Waals surface area contributed by atoms with E-state index >= 15 is 0 Å². The predicted molar refractivity (Wildman–Crippen MR) is 96.7 cm³/mol. The molecule has 0 spiro atoms. The third-order valence-electron chi connectivity index (χ3n) is 5.10. The Kier molecular flexibility index (Phi) is 6.15. The molecule has 1 N–H and O–H groups in total. The number of aromatic nitrogens is 3. The molecular formula is C19H25F2N5O. The van der Waals surface area contributed by atoms with Crippen LogP contribution in [0.4, 0.5) is 8.78 Å². The summed E-state index contributed by atoms with van der Waals surface area (Å²) in [6.07, 6.45) is 1.46. The fourth-order valence-corrected chi connectivity index (χ4v) is 3.15. The Balaban J connectivity index is 1.62. The van der Waals surface area contributed by atoms with E-state index in [1.807, 2.05) is 18.4 Å². The molecule has 1 aliphatic heterocycles. The van der Waals surface area contributed by atoms with Gasteiger partial charge in [0.2, 0.25) is 5.91 Å². The minimum absolute atomic E-state index is 0.00618. The third-order valence-corrected chi connectivity index (χ3v) is 5.10. The van der Waals surface area contributed by atoms with Crippen LogP contribution in [-0.4, -0.2) is 38.7 Å². The average Bonchev–Trinajstić information content (AvgIpc) is 2.95. The van der Waals surface area contributed by atoms with Crippen molar-refractivity contribution in [1.29, 1.82) is 0 Å².